The lowest BCUT2D eigenvalue weighted by atomic mass is 10.1. The summed E-state index contributed by atoms with van der Waals surface area (Å²) >= 11 is 0. The van der Waals surface area contributed by atoms with Gasteiger partial charge in [-0.25, -0.2) is 13.1 Å². The molecule has 4 nitrogen and oxygen atoms in total. The molecule has 0 unspecified atom stereocenters. The van der Waals surface area contributed by atoms with Gasteiger partial charge in [0.25, 0.3) is 0 Å². The first kappa shape index (κ1) is 14.5. The largest absolute Gasteiger partial charge is 0.392 e. The molecule has 0 spiro atoms. The Balaban J connectivity index is 1.89. The fourth-order valence-corrected chi connectivity index (χ4v) is 3.60. The molecule has 1 aliphatic rings. The van der Waals surface area contributed by atoms with Gasteiger partial charge in [0.2, 0.25) is 10.0 Å². The number of rotatable bonds is 6. The number of benzene rings is 1. The number of nitrogens with one attached hydrogen (secondary N) is 1. The first-order chi connectivity index (χ1) is 9.12. The maximum atomic E-state index is 12.0. The maximum Gasteiger partial charge on any atom is 0.240 e. The van der Waals surface area contributed by atoms with Crippen LogP contribution in [0, 0.1) is 5.92 Å². The first-order valence-corrected chi connectivity index (χ1v) is 8.29. The molecule has 1 aliphatic carbocycles. The van der Waals surface area contributed by atoms with E-state index in [1.54, 1.807) is 12.1 Å². The molecule has 0 atom stereocenters. The van der Waals surface area contributed by atoms with E-state index >= 15 is 0 Å². The Morgan fingerprint density at radius 3 is 2.37 bits per heavy atom. The van der Waals surface area contributed by atoms with Gasteiger partial charge in [-0.2, -0.15) is 0 Å². The van der Waals surface area contributed by atoms with Gasteiger partial charge in [0.1, 0.15) is 0 Å². The highest BCUT2D eigenvalue weighted by Crippen LogP contribution is 2.27. The first-order valence-electron chi connectivity index (χ1n) is 6.81. The predicted molar refractivity (Wildman–Crippen MR) is 74.1 cm³/mol. The van der Waals surface area contributed by atoms with Crippen LogP contribution in [0.25, 0.3) is 0 Å². The summed E-state index contributed by atoms with van der Waals surface area (Å²) in [5.41, 5.74) is 0.713. The summed E-state index contributed by atoms with van der Waals surface area (Å²) in [6, 6.07) is 6.32. The lowest BCUT2D eigenvalue weighted by Gasteiger charge is -2.10. The van der Waals surface area contributed by atoms with Gasteiger partial charge in [0.15, 0.2) is 0 Å². The molecule has 1 aromatic rings. The van der Waals surface area contributed by atoms with Gasteiger partial charge in [-0.3, -0.25) is 0 Å². The second-order valence-electron chi connectivity index (χ2n) is 5.14. The van der Waals surface area contributed by atoms with Crippen LogP contribution in [0.1, 0.15) is 37.7 Å². The SMILES string of the molecule is O=S(=O)(NCCC1CCCC1)c1ccc(CO)cc1. The summed E-state index contributed by atoms with van der Waals surface area (Å²) in [6.45, 7) is 0.435. The number of hydrogen-bond acceptors (Lipinski definition) is 3. The lowest BCUT2D eigenvalue weighted by molar-refractivity contribution is 0.282. The van der Waals surface area contributed by atoms with Crippen LogP contribution in [-0.2, 0) is 16.6 Å². The second kappa shape index (κ2) is 6.50. The molecular formula is C14H21NO3S. The molecule has 0 amide bonds. The number of aliphatic hydroxyl groups excluding tert-OH is 1. The molecule has 0 aromatic heterocycles. The van der Waals surface area contributed by atoms with Crippen molar-refractivity contribution >= 4 is 10.0 Å². The number of aliphatic hydroxyl groups is 1. The lowest BCUT2D eigenvalue weighted by Crippen LogP contribution is -2.25. The molecule has 5 heteroatoms. The molecule has 0 saturated heterocycles. The third kappa shape index (κ3) is 4.03. The molecule has 0 radical (unpaired) electrons. The monoisotopic (exact) mass is 283 g/mol. The van der Waals surface area contributed by atoms with Crippen molar-refractivity contribution < 1.29 is 13.5 Å². The van der Waals surface area contributed by atoms with E-state index in [4.69, 9.17) is 5.11 Å². The summed E-state index contributed by atoms with van der Waals surface area (Å²) < 4.78 is 26.7. The van der Waals surface area contributed by atoms with Gasteiger partial charge in [0.05, 0.1) is 11.5 Å². The molecule has 0 bridgehead atoms. The van der Waals surface area contributed by atoms with E-state index < -0.39 is 10.0 Å². The van der Waals surface area contributed by atoms with Gasteiger partial charge >= 0.3 is 0 Å². The van der Waals surface area contributed by atoms with Crippen LogP contribution in [-0.4, -0.2) is 20.1 Å². The highest BCUT2D eigenvalue weighted by Gasteiger charge is 2.17. The van der Waals surface area contributed by atoms with Gasteiger partial charge in [0, 0.05) is 6.54 Å². The van der Waals surface area contributed by atoms with Crippen molar-refractivity contribution in [1.29, 1.82) is 0 Å². The summed E-state index contributed by atoms with van der Waals surface area (Å²) in [7, 11) is -3.41. The summed E-state index contributed by atoms with van der Waals surface area (Å²) in [4.78, 5) is 0.260. The number of sulfonamides is 1. The molecule has 1 saturated carbocycles. The van der Waals surface area contributed by atoms with E-state index in [-0.39, 0.29) is 11.5 Å². The molecule has 2 N–H and O–H groups in total. The molecule has 2 rings (SSSR count). The molecule has 1 aromatic carbocycles. The average Bonchev–Trinajstić information content (AvgIpc) is 2.92. The van der Waals surface area contributed by atoms with Crippen LogP contribution < -0.4 is 4.72 Å². The van der Waals surface area contributed by atoms with Crippen LogP contribution in [0.5, 0.6) is 0 Å². The van der Waals surface area contributed by atoms with Gasteiger partial charge < -0.3 is 5.11 Å². The summed E-state index contributed by atoms with van der Waals surface area (Å²) in [6.07, 6.45) is 5.94. The molecule has 1 fully saturated rings. The van der Waals surface area contributed by atoms with Gasteiger partial charge in [-0.1, -0.05) is 37.8 Å². The zero-order chi connectivity index (χ0) is 13.7. The van der Waals surface area contributed by atoms with E-state index in [0.717, 1.165) is 6.42 Å². The van der Waals surface area contributed by atoms with Crippen molar-refractivity contribution in [3.05, 3.63) is 29.8 Å². The van der Waals surface area contributed by atoms with Crippen LogP contribution >= 0.6 is 0 Å². The zero-order valence-electron chi connectivity index (χ0n) is 11.0. The summed E-state index contributed by atoms with van der Waals surface area (Å²) in [5.74, 6) is 0.680. The molecule has 0 aliphatic heterocycles. The number of hydrogen-bond donors (Lipinski definition) is 2. The quantitative estimate of drug-likeness (QED) is 0.839. The zero-order valence-corrected chi connectivity index (χ0v) is 11.8. The molecule has 106 valence electrons. The van der Waals surface area contributed by atoms with Crippen LogP contribution in [0.3, 0.4) is 0 Å². The van der Waals surface area contributed by atoms with Gasteiger partial charge in [-0.15, -0.1) is 0 Å². The third-order valence-electron chi connectivity index (χ3n) is 3.74. The minimum Gasteiger partial charge on any atom is -0.392 e. The average molecular weight is 283 g/mol. The fraction of sp³-hybridized carbons (Fsp3) is 0.571. The van der Waals surface area contributed by atoms with Crippen molar-refractivity contribution in [1.82, 2.24) is 4.72 Å². The van der Waals surface area contributed by atoms with Gasteiger partial charge in [-0.05, 0) is 30.0 Å². The minimum atomic E-state index is -3.41. The maximum absolute atomic E-state index is 12.0. The Labute approximate surface area is 114 Å². The van der Waals surface area contributed by atoms with Crippen LogP contribution in [0.15, 0.2) is 29.2 Å². The van der Waals surface area contributed by atoms with E-state index in [1.807, 2.05) is 0 Å². The minimum absolute atomic E-state index is 0.0740. The van der Waals surface area contributed by atoms with Crippen LogP contribution in [0.2, 0.25) is 0 Å². The van der Waals surface area contributed by atoms with E-state index in [0.29, 0.717) is 18.0 Å². The summed E-state index contributed by atoms with van der Waals surface area (Å²) in [5, 5.41) is 8.93. The van der Waals surface area contributed by atoms with Crippen LogP contribution in [0.4, 0.5) is 0 Å². The van der Waals surface area contributed by atoms with E-state index in [2.05, 4.69) is 4.72 Å². The smallest absolute Gasteiger partial charge is 0.240 e. The Kier molecular flexibility index (Phi) is 4.96. The third-order valence-corrected chi connectivity index (χ3v) is 5.21. The highest BCUT2D eigenvalue weighted by atomic mass is 32.2. The molecule has 19 heavy (non-hydrogen) atoms. The second-order valence-corrected chi connectivity index (χ2v) is 6.91. The topological polar surface area (TPSA) is 66.4 Å². The Bertz CT molecular complexity index is 490. The Hall–Kier alpha value is -0.910. The van der Waals surface area contributed by atoms with E-state index in [9.17, 15) is 8.42 Å². The highest BCUT2D eigenvalue weighted by molar-refractivity contribution is 7.89. The normalized spacial score (nSPS) is 16.9. The Morgan fingerprint density at radius 2 is 1.79 bits per heavy atom. The predicted octanol–water partition coefficient (Wildman–Crippen LogP) is 2.04. The Morgan fingerprint density at radius 1 is 1.16 bits per heavy atom. The van der Waals surface area contributed by atoms with Crippen molar-refractivity contribution in [3.8, 4) is 0 Å². The van der Waals surface area contributed by atoms with Crippen molar-refractivity contribution in [2.75, 3.05) is 6.54 Å². The molecule has 0 heterocycles. The fourth-order valence-electron chi connectivity index (χ4n) is 2.55. The van der Waals surface area contributed by atoms with Crippen molar-refractivity contribution in [2.24, 2.45) is 5.92 Å². The standard InChI is InChI=1S/C14H21NO3S/c16-11-13-5-7-14(8-6-13)19(17,18)15-10-9-12-3-1-2-4-12/h5-8,12,15-16H,1-4,9-11H2. The van der Waals surface area contributed by atoms with Crippen molar-refractivity contribution in [3.63, 3.8) is 0 Å². The van der Waals surface area contributed by atoms with Crippen molar-refractivity contribution in [2.45, 2.75) is 43.6 Å². The van der Waals surface area contributed by atoms with E-state index in [1.165, 1.54) is 37.8 Å². The molecular weight excluding hydrogens is 262 g/mol.